The molecule has 0 aromatic heterocycles. The normalized spacial score (nSPS) is 9.13. The summed E-state index contributed by atoms with van der Waals surface area (Å²) in [4.78, 5) is 0. The van der Waals surface area contributed by atoms with Crippen molar-refractivity contribution in [3.63, 3.8) is 0 Å². The van der Waals surface area contributed by atoms with Gasteiger partial charge in [-0.1, -0.05) is 0 Å². The van der Waals surface area contributed by atoms with Crippen molar-refractivity contribution in [2.45, 2.75) is 0 Å². The van der Waals surface area contributed by atoms with Crippen LogP contribution in [0.5, 0.6) is 0 Å². The quantitative estimate of drug-likeness (QED) is 0.0273. The van der Waals surface area contributed by atoms with E-state index in [1.807, 2.05) is 0 Å². The van der Waals surface area contributed by atoms with Gasteiger partial charge in [-0.2, -0.15) is 0 Å². The van der Waals surface area contributed by atoms with Gasteiger partial charge in [-0.3, -0.25) is 0 Å². The lowest BCUT2D eigenvalue weighted by Crippen LogP contribution is -2.32. The summed E-state index contributed by atoms with van der Waals surface area (Å²) in [6.07, 6.45) is 0. The second kappa shape index (κ2) is 84.5. The zero-order valence-electron chi connectivity index (χ0n) is 29.8. The fourth-order valence-corrected chi connectivity index (χ4v) is 2.52. The van der Waals surface area contributed by atoms with Gasteiger partial charge in [0.2, 0.25) is 0 Å². The van der Waals surface area contributed by atoms with Crippen LogP contribution in [0.15, 0.2) is 39.5 Å². The van der Waals surface area contributed by atoms with E-state index in [0.717, 1.165) is 105 Å². The summed E-state index contributed by atoms with van der Waals surface area (Å²) in [6.45, 7) is 38.5. The summed E-state index contributed by atoms with van der Waals surface area (Å²) in [5.74, 6) is 0. The molecule has 0 fully saturated rings. The summed E-state index contributed by atoms with van der Waals surface area (Å²) in [6, 6.07) is 0. The van der Waals surface area contributed by atoms with Crippen LogP contribution in [0.3, 0.4) is 0 Å². The third-order valence-electron chi connectivity index (χ3n) is 4.48. The molecule has 0 heterocycles. The lowest BCUT2D eigenvalue weighted by Gasteiger charge is -2.03. The molecular formula is C30H84N16. The van der Waals surface area contributed by atoms with E-state index in [2.05, 4.69) is 82.0 Å². The van der Waals surface area contributed by atoms with Crippen LogP contribution in [-0.4, -0.2) is 157 Å². The van der Waals surface area contributed by atoms with Gasteiger partial charge in [-0.15, -0.1) is 39.5 Å². The predicted molar refractivity (Wildman–Crippen MR) is 209 cm³/mol. The van der Waals surface area contributed by atoms with Crippen molar-refractivity contribution in [1.29, 1.82) is 0 Å². The summed E-state index contributed by atoms with van der Waals surface area (Å²) >= 11 is 0. The van der Waals surface area contributed by atoms with Crippen LogP contribution in [0.2, 0.25) is 0 Å². The van der Waals surface area contributed by atoms with E-state index in [9.17, 15) is 0 Å². The Morgan fingerprint density at radius 1 is 0.196 bits per heavy atom. The highest BCUT2D eigenvalue weighted by Gasteiger charge is 1.86. The molecule has 0 rings (SSSR count). The highest BCUT2D eigenvalue weighted by atomic mass is 15.0. The molecule has 0 saturated carbocycles. The molecule has 0 radical (unpaired) electrons. The monoisotopic (exact) mass is 669 g/mol. The average molecular weight is 669 g/mol. The van der Waals surface area contributed by atoms with Gasteiger partial charge in [-0.05, 0) is 0 Å². The summed E-state index contributed by atoms with van der Waals surface area (Å²) in [5, 5.41) is 25.3. The third-order valence-corrected chi connectivity index (χ3v) is 4.48. The highest BCUT2D eigenvalue weighted by molar-refractivity contribution is 4.54. The second-order valence-electron chi connectivity index (χ2n) is 8.31. The van der Waals surface area contributed by atoms with Gasteiger partial charge in [0.25, 0.3) is 0 Å². The van der Waals surface area contributed by atoms with Crippen molar-refractivity contribution in [2.75, 3.05) is 157 Å². The maximum Gasteiger partial charge on any atom is 0.00772 e. The van der Waals surface area contributed by atoms with E-state index in [1.54, 1.807) is 0 Å². The van der Waals surface area contributed by atoms with Crippen molar-refractivity contribution >= 4 is 0 Å². The smallest absolute Gasteiger partial charge is 0.00772 e. The summed E-state index contributed by atoms with van der Waals surface area (Å²) < 4.78 is 0. The molecule has 0 aromatic rings. The minimum absolute atomic E-state index is 0.705. The van der Waals surface area contributed by atoms with Gasteiger partial charge < -0.3 is 88.4 Å². The Balaban J connectivity index is -0.0000000833. The molecular weight excluding hydrogens is 584 g/mol. The number of hydrogen-bond acceptors (Lipinski definition) is 16. The van der Waals surface area contributed by atoms with Gasteiger partial charge in [0.15, 0.2) is 0 Å². The predicted octanol–water partition coefficient (Wildman–Crippen LogP) is -5.26. The molecule has 16 nitrogen and oxygen atoms in total. The zero-order valence-corrected chi connectivity index (χ0v) is 29.8. The van der Waals surface area contributed by atoms with Gasteiger partial charge in [0.05, 0.1) is 0 Å². The average Bonchev–Trinajstić information content (AvgIpc) is 3.11. The standard InChI is InChI=1S/4C6H18N4.3C2H4/c4*7-1-3-9-5-6-10-4-2-8;3*1-2/h4*9-10H,1-8H2;3*1-2H2. The number of hydrogen-bond donors (Lipinski definition) is 16. The van der Waals surface area contributed by atoms with Crippen molar-refractivity contribution in [2.24, 2.45) is 45.9 Å². The number of nitrogens with two attached hydrogens (primary N) is 8. The Morgan fingerprint density at radius 3 is 0.348 bits per heavy atom. The van der Waals surface area contributed by atoms with E-state index in [0.29, 0.717) is 52.4 Å². The minimum Gasteiger partial charge on any atom is -0.329 e. The van der Waals surface area contributed by atoms with Crippen molar-refractivity contribution in [3.8, 4) is 0 Å². The largest absolute Gasteiger partial charge is 0.329 e. The van der Waals surface area contributed by atoms with E-state index < -0.39 is 0 Å². The van der Waals surface area contributed by atoms with Crippen LogP contribution < -0.4 is 88.4 Å². The lowest BCUT2D eigenvalue weighted by atomic mass is 10.5. The Hall–Kier alpha value is -1.42. The first-order valence-corrected chi connectivity index (χ1v) is 16.4. The first-order valence-electron chi connectivity index (χ1n) is 16.4. The molecule has 0 unspecified atom stereocenters. The Kier molecular flexibility index (Phi) is 110. The first kappa shape index (κ1) is 60.0. The zero-order chi connectivity index (χ0) is 36.6. The van der Waals surface area contributed by atoms with Crippen LogP contribution in [-0.2, 0) is 0 Å². The first-order chi connectivity index (χ1) is 22.7. The Morgan fingerprint density at radius 2 is 0.283 bits per heavy atom. The minimum atomic E-state index is 0.705. The summed E-state index contributed by atoms with van der Waals surface area (Å²) in [5.41, 5.74) is 42.1. The van der Waals surface area contributed by atoms with Gasteiger partial charge in [0.1, 0.15) is 0 Å². The molecule has 24 N–H and O–H groups in total. The fraction of sp³-hybridized carbons (Fsp3) is 0.800. The molecule has 0 atom stereocenters. The molecule has 284 valence electrons. The molecule has 0 aliphatic rings. The van der Waals surface area contributed by atoms with Gasteiger partial charge >= 0.3 is 0 Å². The highest BCUT2D eigenvalue weighted by Crippen LogP contribution is 1.59. The van der Waals surface area contributed by atoms with Crippen molar-refractivity contribution < 1.29 is 0 Å². The summed E-state index contributed by atoms with van der Waals surface area (Å²) in [7, 11) is 0. The second-order valence-corrected chi connectivity index (χ2v) is 8.31. The van der Waals surface area contributed by atoms with Crippen LogP contribution >= 0.6 is 0 Å². The van der Waals surface area contributed by atoms with E-state index in [4.69, 9.17) is 45.9 Å². The maximum absolute atomic E-state index is 5.27. The SMILES string of the molecule is C=C.C=C.C=C.NCCNCCNCCN.NCCNCCNCCN.NCCNCCNCCN.NCCNCCNCCN. The van der Waals surface area contributed by atoms with Crippen LogP contribution in [0.1, 0.15) is 0 Å². The fourth-order valence-electron chi connectivity index (χ4n) is 2.52. The van der Waals surface area contributed by atoms with Crippen LogP contribution in [0.4, 0.5) is 0 Å². The number of nitrogens with one attached hydrogen (secondary N) is 8. The molecule has 0 aromatic carbocycles. The molecule has 16 heteroatoms. The van der Waals surface area contributed by atoms with Crippen LogP contribution in [0, 0.1) is 0 Å². The molecule has 0 bridgehead atoms. The molecule has 0 aliphatic carbocycles. The lowest BCUT2D eigenvalue weighted by molar-refractivity contribution is 0.618. The molecule has 0 spiro atoms. The van der Waals surface area contributed by atoms with Gasteiger partial charge in [0, 0.05) is 157 Å². The molecule has 46 heavy (non-hydrogen) atoms. The Bertz CT molecular complexity index is 301. The topological polar surface area (TPSA) is 304 Å². The van der Waals surface area contributed by atoms with Gasteiger partial charge in [-0.25, -0.2) is 0 Å². The van der Waals surface area contributed by atoms with Crippen molar-refractivity contribution in [1.82, 2.24) is 42.5 Å². The Labute approximate surface area is 284 Å². The maximum atomic E-state index is 5.27. The third kappa shape index (κ3) is 104. The number of rotatable bonds is 28. The van der Waals surface area contributed by atoms with E-state index >= 15 is 0 Å². The molecule has 0 saturated heterocycles. The molecule has 0 aliphatic heterocycles. The molecule has 0 amide bonds. The van der Waals surface area contributed by atoms with Crippen LogP contribution in [0.25, 0.3) is 0 Å². The van der Waals surface area contributed by atoms with Crippen molar-refractivity contribution in [3.05, 3.63) is 39.5 Å². The van der Waals surface area contributed by atoms with E-state index in [1.165, 1.54) is 0 Å². The van der Waals surface area contributed by atoms with E-state index in [-0.39, 0.29) is 0 Å².